The molecule has 0 radical (unpaired) electrons. The first-order valence-electron chi connectivity index (χ1n) is 5.19. The molecule has 3 N–H and O–H groups in total. The van der Waals surface area contributed by atoms with E-state index in [0.717, 1.165) is 16.6 Å². The quantitative estimate of drug-likeness (QED) is 0.732. The van der Waals surface area contributed by atoms with Gasteiger partial charge in [0, 0.05) is 17.8 Å². The third-order valence-corrected chi connectivity index (χ3v) is 2.55. The number of H-pyrrole nitrogens is 1. The van der Waals surface area contributed by atoms with E-state index in [1.54, 1.807) is 6.92 Å². The van der Waals surface area contributed by atoms with Crippen LogP contribution >= 0.6 is 0 Å². The summed E-state index contributed by atoms with van der Waals surface area (Å²) in [5.74, 6) is -0.837. The Morgan fingerprint density at radius 1 is 1.50 bits per heavy atom. The molecule has 1 unspecified atom stereocenters. The van der Waals surface area contributed by atoms with Crippen molar-refractivity contribution in [2.45, 2.75) is 19.5 Å². The molecule has 1 heterocycles. The fourth-order valence-corrected chi connectivity index (χ4v) is 1.58. The molecule has 0 saturated carbocycles. The number of carbonyl (C=O) groups is 1. The molecule has 2 rings (SSSR count). The lowest BCUT2D eigenvalue weighted by atomic mass is 10.2. The molecule has 0 amide bonds. The molecule has 0 aliphatic carbocycles. The summed E-state index contributed by atoms with van der Waals surface area (Å²) in [6.45, 7) is 2.16. The van der Waals surface area contributed by atoms with Gasteiger partial charge in [-0.15, -0.1) is 0 Å². The first kappa shape index (κ1) is 10.7. The van der Waals surface area contributed by atoms with E-state index in [1.807, 2.05) is 30.3 Å². The number of carboxylic acids is 1. The number of carboxylic acid groups (broad SMARTS) is 1. The van der Waals surface area contributed by atoms with Crippen molar-refractivity contribution in [1.82, 2.24) is 10.3 Å². The minimum absolute atomic E-state index is 0.530. The molecule has 0 aliphatic heterocycles. The van der Waals surface area contributed by atoms with Crippen molar-refractivity contribution >= 4 is 16.9 Å². The number of rotatable bonds is 4. The van der Waals surface area contributed by atoms with Gasteiger partial charge < -0.3 is 10.1 Å². The maximum Gasteiger partial charge on any atom is 0.320 e. The predicted octanol–water partition coefficient (Wildman–Crippen LogP) is 1.73. The standard InChI is InChI=1S/C12H14N2O2/c1-8(12(15)16)13-7-10-6-9-4-2-3-5-11(9)14-10/h2-6,8,13-14H,7H2,1H3,(H,15,16). The summed E-state index contributed by atoms with van der Waals surface area (Å²) in [5.41, 5.74) is 2.07. The number of nitrogens with one attached hydrogen (secondary N) is 2. The lowest BCUT2D eigenvalue weighted by molar-refractivity contribution is -0.139. The van der Waals surface area contributed by atoms with Crippen molar-refractivity contribution in [2.75, 3.05) is 0 Å². The largest absolute Gasteiger partial charge is 0.480 e. The normalized spacial score (nSPS) is 12.8. The van der Waals surface area contributed by atoms with E-state index in [-0.39, 0.29) is 0 Å². The average molecular weight is 218 g/mol. The first-order chi connectivity index (χ1) is 7.66. The van der Waals surface area contributed by atoms with Crippen LogP contribution in [0.15, 0.2) is 30.3 Å². The van der Waals surface area contributed by atoms with E-state index in [9.17, 15) is 4.79 Å². The molecule has 0 fully saturated rings. The van der Waals surface area contributed by atoms with Gasteiger partial charge in [-0.1, -0.05) is 18.2 Å². The van der Waals surface area contributed by atoms with Gasteiger partial charge in [-0.2, -0.15) is 0 Å². The van der Waals surface area contributed by atoms with Crippen LogP contribution in [0, 0.1) is 0 Å². The topological polar surface area (TPSA) is 65.1 Å². The summed E-state index contributed by atoms with van der Waals surface area (Å²) in [4.78, 5) is 13.9. The molecule has 16 heavy (non-hydrogen) atoms. The smallest absolute Gasteiger partial charge is 0.320 e. The van der Waals surface area contributed by atoms with E-state index < -0.39 is 12.0 Å². The van der Waals surface area contributed by atoms with Crippen molar-refractivity contribution < 1.29 is 9.90 Å². The van der Waals surface area contributed by atoms with Crippen molar-refractivity contribution in [3.05, 3.63) is 36.0 Å². The minimum Gasteiger partial charge on any atom is -0.480 e. The highest BCUT2D eigenvalue weighted by molar-refractivity contribution is 5.80. The molecule has 0 bridgehead atoms. The molecular weight excluding hydrogens is 204 g/mol. The summed E-state index contributed by atoms with van der Waals surface area (Å²) in [7, 11) is 0. The van der Waals surface area contributed by atoms with Crippen molar-refractivity contribution in [1.29, 1.82) is 0 Å². The van der Waals surface area contributed by atoms with Gasteiger partial charge in [0.1, 0.15) is 6.04 Å². The Balaban J connectivity index is 2.07. The molecular formula is C12H14N2O2. The number of aliphatic carboxylic acids is 1. The summed E-state index contributed by atoms with van der Waals surface area (Å²) in [6, 6.07) is 9.46. The molecule has 84 valence electrons. The maximum atomic E-state index is 10.6. The summed E-state index contributed by atoms with van der Waals surface area (Å²) >= 11 is 0. The van der Waals surface area contributed by atoms with Crippen LogP contribution in [-0.2, 0) is 11.3 Å². The molecule has 2 aromatic rings. The third kappa shape index (κ3) is 2.23. The second-order valence-corrected chi connectivity index (χ2v) is 3.82. The number of hydrogen-bond acceptors (Lipinski definition) is 2. The van der Waals surface area contributed by atoms with Crippen molar-refractivity contribution in [3.8, 4) is 0 Å². The van der Waals surface area contributed by atoms with Gasteiger partial charge in [0.05, 0.1) is 0 Å². The molecule has 1 aromatic heterocycles. The summed E-state index contributed by atoms with van der Waals surface area (Å²) < 4.78 is 0. The van der Waals surface area contributed by atoms with E-state index in [2.05, 4.69) is 10.3 Å². The van der Waals surface area contributed by atoms with Gasteiger partial charge in [0.15, 0.2) is 0 Å². The Kier molecular flexibility index (Phi) is 2.92. The van der Waals surface area contributed by atoms with Crippen LogP contribution in [0.1, 0.15) is 12.6 Å². The minimum atomic E-state index is -0.837. The van der Waals surface area contributed by atoms with Gasteiger partial charge in [-0.25, -0.2) is 0 Å². The van der Waals surface area contributed by atoms with Gasteiger partial charge >= 0.3 is 5.97 Å². The highest BCUT2D eigenvalue weighted by Crippen LogP contribution is 2.14. The number of benzene rings is 1. The zero-order valence-electron chi connectivity index (χ0n) is 9.03. The van der Waals surface area contributed by atoms with E-state index in [0.29, 0.717) is 6.54 Å². The highest BCUT2D eigenvalue weighted by atomic mass is 16.4. The van der Waals surface area contributed by atoms with Crippen LogP contribution in [0.2, 0.25) is 0 Å². The first-order valence-corrected chi connectivity index (χ1v) is 5.19. The molecule has 1 aromatic carbocycles. The monoisotopic (exact) mass is 218 g/mol. The molecule has 4 heteroatoms. The molecule has 4 nitrogen and oxygen atoms in total. The van der Waals surface area contributed by atoms with Crippen LogP contribution in [0.3, 0.4) is 0 Å². The summed E-state index contributed by atoms with van der Waals surface area (Å²) in [6.07, 6.45) is 0. The van der Waals surface area contributed by atoms with Crippen LogP contribution < -0.4 is 5.32 Å². The molecule has 0 saturated heterocycles. The van der Waals surface area contributed by atoms with Gasteiger partial charge in [-0.3, -0.25) is 10.1 Å². The lowest BCUT2D eigenvalue weighted by Crippen LogP contribution is -2.33. The zero-order valence-corrected chi connectivity index (χ0v) is 9.03. The van der Waals surface area contributed by atoms with Crippen molar-refractivity contribution in [3.63, 3.8) is 0 Å². The molecule has 0 spiro atoms. The van der Waals surface area contributed by atoms with Crippen LogP contribution in [0.4, 0.5) is 0 Å². The van der Waals surface area contributed by atoms with E-state index in [4.69, 9.17) is 5.11 Å². The van der Waals surface area contributed by atoms with Crippen molar-refractivity contribution in [2.24, 2.45) is 0 Å². The Hall–Kier alpha value is -1.81. The van der Waals surface area contributed by atoms with E-state index >= 15 is 0 Å². The average Bonchev–Trinajstić information content (AvgIpc) is 2.68. The highest BCUT2D eigenvalue weighted by Gasteiger charge is 2.09. The predicted molar refractivity (Wildman–Crippen MR) is 62.2 cm³/mol. The molecule has 0 aliphatic rings. The Morgan fingerprint density at radius 2 is 2.25 bits per heavy atom. The Morgan fingerprint density at radius 3 is 2.94 bits per heavy atom. The van der Waals surface area contributed by atoms with Crippen LogP contribution in [0.5, 0.6) is 0 Å². The fourth-order valence-electron chi connectivity index (χ4n) is 1.58. The maximum absolute atomic E-state index is 10.6. The number of aromatic nitrogens is 1. The zero-order chi connectivity index (χ0) is 11.5. The SMILES string of the molecule is CC(NCc1cc2ccccc2[nH]1)C(=O)O. The Bertz CT molecular complexity index is 471. The fraction of sp³-hybridized carbons (Fsp3) is 0.250. The third-order valence-electron chi connectivity index (χ3n) is 2.55. The van der Waals surface area contributed by atoms with Gasteiger partial charge in [-0.05, 0) is 24.4 Å². The van der Waals surface area contributed by atoms with Gasteiger partial charge in [0.25, 0.3) is 0 Å². The summed E-state index contributed by atoms with van der Waals surface area (Å²) in [5, 5.41) is 12.8. The van der Waals surface area contributed by atoms with Crippen LogP contribution in [0.25, 0.3) is 10.9 Å². The number of hydrogen-bond donors (Lipinski definition) is 3. The molecule has 1 atom stereocenters. The second-order valence-electron chi connectivity index (χ2n) is 3.82. The van der Waals surface area contributed by atoms with Gasteiger partial charge in [0.2, 0.25) is 0 Å². The number of aromatic amines is 1. The number of para-hydroxylation sites is 1. The van der Waals surface area contributed by atoms with E-state index in [1.165, 1.54) is 0 Å². The Labute approximate surface area is 93.3 Å². The lowest BCUT2D eigenvalue weighted by Gasteiger charge is -2.06. The number of fused-ring (bicyclic) bond motifs is 1. The second kappa shape index (κ2) is 4.37. The van der Waals surface area contributed by atoms with Crippen LogP contribution in [-0.4, -0.2) is 22.1 Å².